The van der Waals surface area contributed by atoms with Gasteiger partial charge in [-0.2, -0.15) is 18.3 Å². The van der Waals surface area contributed by atoms with E-state index in [1.54, 1.807) is 6.07 Å². The highest BCUT2D eigenvalue weighted by Gasteiger charge is 2.30. The molecule has 1 aromatic heterocycles. The number of benzene rings is 1. The van der Waals surface area contributed by atoms with Gasteiger partial charge in [-0.05, 0) is 36.1 Å². The van der Waals surface area contributed by atoms with E-state index in [-0.39, 0.29) is 5.41 Å². The zero-order valence-electron chi connectivity index (χ0n) is 12.2. The van der Waals surface area contributed by atoms with Crippen LogP contribution in [0.25, 0.3) is 5.69 Å². The lowest BCUT2D eigenvalue weighted by Gasteiger charge is -2.15. The second kappa shape index (κ2) is 5.09. The monoisotopic (exact) mass is 297 g/mol. The zero-order chi connectivity index (χ0) is 15.8. The van der Waals surface area contributed by atoms with E-state index < -0.39 is 11.7 Å². The van der Waals surface area contributed by atoms with Crippen molar-refractivity contribution < 1.29 is 13.2 Å². The van der Waals surface area contributed by atoms with Crippen molar-refractivity contribution >= 4 is 5.82 Å². The van der Waals surface area contributed by atoms with Crippen molar-refractivity contribution in [1.29, 1.82) is 0 Å². The summed E-state index contributed by atoms with van der Waals surface area (Å²) in [5, 5.41) is 4.37. The molecule has 0 aliphatic carbocycles. The fourth-order valence-corrected chi connectivity index (χ4v) is 2.08. The number of anilines is 1. The number of nitrogens with two attached hydrogens (primary N) is 1. The van der Waals surface area contributed by atoms with Crippen LogP contribution < -0.4 is 5.73 Å². The predicted molar refractivity (Wildman–Crippen MR) is 76.1 cm³/mol. The Morgan fingerprint density at radius 1 is 1.10 bits per heavy atom. The van der Waals surface area contributed by atoms with Crippen molar-refractivity contribution in [1.82, 2.24) is 9.78 Å². The van der Waals surface area contributed by atoms with Gasteiger partial charge in [-0.3, -0.25) is 0 Å². The fraction of sp³-hybridized carbons (Fsp3) is 0.400. The molecular formula is C15H18F3N3. The lowest BCUT2D eigenvalue weighted by atomic mass is 9.91. The average molecular weight is 297 g/mol. The van der Waals surface area contributed by atoms with Gasteiger partial charge in [0.05, 0.1) is 16.9 Å². The van der Waals surface area contributed by atoms with Crippen molar-refractivity contribution in [3.05, 3.63) is 41.6 Å². The normalized spacial score (nSPS) is 12.7. The van der Waals surface area contributed by atoms with Crippen LogP contribution in [0.4, 0.5) is 19.0 Å². The molecule has 3 nitrogen and oxygen atoms in total. The predicted octanol–water partition coefficient (Wildman–Crippen LogP) is 4.06. The first kappa shape index (κ1) is 15.4. The van der Waals surface area contributed by atoms with Crippen LogP contribution in [0, 0.1) is 5.41 Å². The van der Waals surface area contributed by atoms with E-state index in [0.29, 0.717) is 11.5 Å². The molecule has 114 valence electrons. The van der Waals surface area contributed by atoms with E-state index in [4.69, 9.17) is 5.73 Å². The molecule has 0 saturated heterocycles. The zero-order valence-corrected chi connectivity index (χ0v) is 12.2. The number of hydrogen-bond acceptors (Lipinski definition) is 2. The van der Waals surface area contributed by atoms with Gasteiger partial charge in [0.1, 0.15) is 5.82 Å². The van der Waals surface area contributed by atoms with Crippen LogP contribution >= 0.6 is 0 Å². The minimum Gasteiger partial charge on any atom is -0.384 e. The van der Waals surface area contributed by atoms with Crippen molar-refractivity contribution in [2.45, 2.75) is 33.4 Å². The lowest BCUT2D eigenvalue weighted by molar-refractivity contribution is -0.137. The van der Waals surface area contributed by atoms with Crippen molar-refractivity contribution in [2.75, 3.05) is 5.73 Å². The highest BCUT2D eigenvalue weighted by atomic mass is 19.4. The van der Waals surface area contributed by atoms with Crippen LogP contribution in [0.15, 0.2) is 30.3 Å². The van der Waals surface area contributed by atoms with Crippen LogP contribution in [0.2, 0.25) is 0 Å². The lowest BCUT2D eigenvalue weighted by Crippen LogP contribution is -2.10. The topological polar surface area (TPSA) is 43.8 Å². The third-order valence-electron chi connectivity index (χ3n) is 2.94. The molecule has 2 rings (SSSR count). The largest absolute Gasteiger partial charge is 0.416 e. The summed E-state index contributed by atoms with van der Waals surface area (Å²) in [6, 6.07) is 6.54. The van der Waals surface area contributed by atoms with E-state index in [1.165, 1.54) is 16.8 Å². The maximum atomic E-state index is 12.5. The van der Waals surface area contributed by atoms with Crippen LogP contribution in [0.5, 0.6) is 0 Å². The van der Waals surface area contributed by atoms with Gasteiger partial charge in [0.15, 0.2) is 0 Å². The number of alkyl halides is 3. The Labute approximate surface area is 121 Å². The van der Waals surface area contributed by atoms with Crippen molar-refractivity contribution in [3.8, 4) is 5.69 Å². The molecule has 1 heterocycles. The molecule has 0 radical (unpaired) electrons. The molecule has 0 aliphatic heterocycles. The van der Waals surface area contributed by atoms with E-state index in [9.17, 15) is 13.2 Å². The summed E-state index contributed by atoms with van der Waals surface area (Å²) >= 11 is 0. The number of nitrogens with zero attached hydrogens (tertiary/aromatic N) is 2. The third-order valence-corrected chi connectivity index (χ3v) is 2.94. The minimum atomic E-state index is -4.34. The molecule has 0 bridgehead atoms. The maximum absolute atomic E-state index is 12.5. The standard InChI is InChI=1S/C15H18F3N3/c1-14(2,3)9-11-8-13(19)21(20-11)12-6-4-10(5-7-12)15(16,17)18/h4-8H,9,19H2,1-3H3. The third kappa shape index (κ3) is 3.77. The second-order valence-electron chi connectivity index (χ2n) is 6.25. The summed E-state index contributed by atoms with van der Waals surface area (Å²) in [6.07, 6.45) is -3.60. The Morgan fingerprint density at radius 3 is 2.14 bits per heavy atom. The molecule has 0 unspecified atom stereocenters. The number of hydrogen-bond donors (Lipinski definition) is 1. The summed E-state index contributed by atoms with van der Waals surface area (Å²) in [7, 11) is 0. The first-order chi connectivity index (χ1) is 9.56. The molecule has 0 amide bonds. The van der Waals surface area contributed by atoms with Crippen LogP contribution in [-0.2, 0) is 12.6 Å². The van der Waals surface area contributed by atoms with E-state index in [1.807, 2.05) is 0 Å². The average Bonchev–Trinajstić information content (AvgIpc) is 2.66. The Balaban J connectivity index is 2.30. The molecule has 0 saturated carbocycles. The summed E-state index contributed by atoms with van der Waals surface area (Å²) in [5.74, 6) is 0.411. The number of rotatable bonds is 2. The molecule has 2 N–H and O–H groups in total. The minimum absolute atomic E-state index is 0.0613. The van der Waals surface area contributed by atoms with Gasteiger partial charge in [-0.15, -0.1) is 0 Å². The first-order valence-electron chi connectivity index (χ1n) is 6.58. The first-order valence-corrected chi connectivity index (χ1v) is 6.58. The van der Waals surface area contributed by atoms with Gasteiger partial charge in [-0.1, -0.05) is 20.8 Å². The van der Waals surface area contributed by atoms with Gasteiger partial charge < -0.3 is 5.73 Å². The molecule has 0 spiro atoms. The molecule has 0 aliphatic rings. The van der Waals surface area contributed by atoms with E-state index >= 15 is 0 Å². The van der Waals surface area contributed by atoms with Gasteiger partial charge in [0, 0.05) is 6.07 Å². The fourth-order valence-electron chi connectivity index (χ4n) is 2.08. The maximum Gasteiger partial charge on any atom is 0.416 e. The molecule has 6 heteroatoms. The smallest absolute Gasteiger partial charge is 0.384 e. The summed E-state index contributed by atoms with van der Waals surface area (Å²) in [4.78, 5) is 0. The number of halogens is 3. The summed E-state index contributed by atoms with van der Waals surface area (Å²) in [6.45, 7) is 6.25. The van der Waals surface area contributed by atoms with Gasteiger partial charge in [0.25, 0.3) is 0 Å². The van der Waals surface area contributed by atoms with Crippen molar-refractivity contribution in [3.63, 3.8) is 0 Å². The van der Waals surface area contributed by atoms with Gasteiger partial charge in [-0.25, -0.2) is 4.68 Å². The second-order valence-corrected chi connectivity index (χ2v) is 6.25. The molecule has 1 aromatic carbocycles. The number of aromatic nitrogens is 2. The SMILES string of the molecule is CC(C)(C)Cc1cc(N)n(-c2ccc(C(F)(F)F)cc2)n1. The van der Waals surface area contributed by atoms with E-state index in [0.717, 1.165) is 24.2 Å². The van der Waals surface area contributed by atoms with E-state index in [2.05, 4.69) is 25.9 Å². The molecule has 0 atom stereocenters. The van der Waals surface area contributed by atoms with Gasteiger partial charge in [0.2, 0.25) is 0 Å². The molecule has 0 fully saturated rings. The number of nitrogen functional groups attached to an aromatic ring is 1. The van der Waals surface area contributed by atoms with Gasteiger partial charge >= 0.3 is 6.18 Å². The Morgan fingerprint density at radius 2 is 1.67 bits per heavy atom. The van der Waals surface area contributed by atoms with Crippen LogP contribution in [-0.4, -0.2) is 9.78 Å². The van der Waals surface area contributed by atoms with Crippen molar-refractivity contribution in [2.24, 2.45) is 5.41 Å². The summed E-state index contributed by atoms with van der Waals surface area (Å²) < 4.78 is 39.1. The summed E-state index contributed by atoms with van der Waals surface area (Å²) in [5.41, 5.74) is 6.60. The highest BCUT2D eigenvalue weighted by Crippen LogP contribution is 2.30. The molecule has 2 aromatic rings. The Bertz CT molecular complexity index is 619. The van der Waals surface area contributed by atoms with Crippen LogP contribution in [0.3, 0.4) is 0 Å². The molecular weight excluding hydrogens is 279 g/mol. The molecule has 21 heavy (non-hydrogen) atoms. The highest BCUT2D eigenvalue weighted by molar-refractivity contribution is 5.44. The Hall–Kier alpha value is -1.98. The van der Waals surface area contributed by atoms with Crippen LogP contribution in [0.1, 0.15) is 32.0 Å². The quantitative estimate of drug-likeness (QED) is 0.908. The Kier molecular flexibility index (Phi) is 3.74.